The van der Waals surface area contributed by atoms with Crippen molar-refractivity contribution in [2.24, 2.45) is 5.92 Å². The molecule has 0 heterocycles. The molecule has 1 aromatic rings. The molecule has 0 bridgehead atoms. The second-order valence-corrected chi connectivity index (χ2v) is 6.52. The van der Waals surface area contributed by atoms with Crippen LogP contribution in [0.1, 0.15) is 31.2 Å². The molecule has 1 atom stereocenters. The van der Waals surface area contributed by atoms with E-state index in [2.05, 4.69) is 48.4 Å². The van der Waals surface area contributed by atoms with E-state index in [1.807, 2.05) is 18.2 Å². The number of fused-ring (bicyclic) bond motifs is 1. The van der Waals surface area contributed by atoms with Gasteiger partial charge in [-0.15, -0.1) is 0 Å². The Labute approximate surface area is 143 Å². The van der Waals surface area contributed by atoms with Gasteiger partial charge >= 0.3 is 0 Å². The highest BCUT2D eigenvalue weighted by atomic mass is 15.1. The van der Waals surface area contributed by atoms with Crippen LogP contribution in [0, 0.1) is 28.6 Å². The Kier molecular flexibility index (Phi) is 4.82. The molecule has 0 aromatic heterocycles. The van der Waals surface area contributed by atoms with Gasteiger partial charge in [-0.3, -0.25) is 0 Å². The summed E-state index contributed by atoms with van der Waals surface area (Å²) in [7, 11) is 2.13. The van der Waals surface area contributed by atoms with Crippen LogP contribution in [0.2, 0.25) is 0 Å². The molecule has 3 rings (SSSR count). The van der Waals surface area contributed by atoms with E-state index in [9.17, 15) is 0 Å². The lowest BCUT2D eigenvalue weighted by Crippen LogP contribution is -2.23. The Morgan fingerprint density at radius 2 is 1.79 bits per heavy atom. The molecule has 2 aliphatic rings. The molecule has 0 aliphatic heterocycles. The molecule has 120 valence electrons. The van der Waals surface area contributed by atoms with Crippen LogP contribution < -0.4 is 0 Å². The van der Waals surface area contributed by atoms with Gasteiger partial charge in [0.05, 0.1) is 0 Å². The summed E-state index contributed by atoms with van der Waals surface area (Å²) in [6.07, 6.45) is 8.47. The van der Waals surface area contributed by atoms with E-state index in [0.717, 1.165) is 37.8 Å². The quantitative estimate of drug-likeness (QED) is 0.773. The monoisotopic (exact) mass is 315 g/mol. The summed E-state index contributed by atoms with van der Waals surface area (Å²) in [6.45, 7) is 0.898. The Morgan fingerprint density at radius 3 is 2.50 bits per heavy atom. The lowest BCUT2D eigenvalue weighted by molar-refractivity contribution is 0.365. The van der Waals surface area contributed by atoms with Crippen molar-refractivity contribution in [3.63, 3.8) is 0 Å². The average Bonchev–Trinajstić information content (AvgIpc) is 2.63. The van der Waals surface area contributed by atoms with E-state index in [1.165, 1.54) is 16.8 Å². The van der Waals surface area contributed by atoms with Gasteiger partial charge < -0.3 is 4.90 Å². The fraction of sp³-hybridized carbons (Fsp3) is 0.333. The van der Waals surface area contributed by atoms with Crippen molar-refractivity contribution < 1.29 is 0 Å². The number of hydrogen-bond donors (Lipinski definition) is 0. The predicted octanol–water partition coefficient (Wildman–Crippen LogP) is 4.48. The van der Waals surface area contributed by atoms with Crippen molar-refractivity contribution in [1.29, 1.82) is 10.5 Å². The second kappa shape index (κ2) is 7.20. The standard InChI is InChI=1S/C21H21N3/c1-24(15-16-5-3-2-4-6-16)21-10-9-17-7-8-18(11-19(17)12-21)20(13-22)14-23/h2-6,11-12,17H,7-10,15H2,1H3. The molecular formula is C21H21N3. The molecule has 3 nitrogen and oxygen atoms in total. The van der Waals surface area contributed by atoms with Gasteiger partial charge in [-0.2, -0.15) is 10.5 Å². The van der Waals surface area contributed by atoms with Crippen LogP contribution in [-0.2, 0) is 6.54 Å². The van der Waals surface area contributed by atoms with Crippen molar-refractivity contribution in [2.75, 3.05) is 7.05 Å². The molecule has 0 N–H and O–H groups in total. The SMILES string of the molecule is CN(Cc1ccccc1)C1=CC2=CC(=C(C#N)C#N)CCC2CC1. The van der Waals surface area contributed by atoms with E-state index in [0.29, 0.717) is 5.92 Å². The molecule has 24 heavy (non-hydrogen) atoms. The van der Waals surface area contributed by atoms with Gasteiger partial charge in [-0.05, 0) is 54.4 Å². The maximum Gasteiger partial charge on any atom is 0.132 e. The van der Waals surface area contributed by atoms with Crippen LogP contribution >= 0.6 is 0 Å². The van der Waals surface area contributed by atoms with Gasteiger partial charge in [0.2, 0.25) is 0 Å². The van der Waals surface area contributed by atoms with Crippen LogP contribution in [-0.4, -0.2) is 11.9 Å². The molecule has 0 fully saturated rings. The molecule has 2 aliphatic carbocycles. The molecule has 1 unspecified atom stereocenters. The number of nitrogens with zero attached hydrogens (tertiary/aromatic N) is 3. The topological polar surface area (TPSA) is 50.8 Å². The Morgan fingerprint density at radius 1 is 1.08 bits per heavy atom. The third kappa shape index (κ3) is 3.42. The van der Waals surface area contributed by atoms with Crippen LogP contribution in [0.15, 0.2) is 64.9 Å². The van der Waals surface area contributed by atoms with Gasteiger partial charge in [-0.1, -0.05) is 36.4 Å². The largest absolute Gasteiger partial charge is 0.374 e. The summed E-state index contributed by atoms with van der Waals surface area (Å²) in [6, 6.07) is 14.5. The minimum atomic E-state index is 0.263. The highest BCUT2D eigenvalue weighted by molar-refractivity contribution is 5.49. The van der Waals surface area contributed by atoms with E-state index in [4.69, 9.17) is 10.5 Å². The zero-order valence-electron chi connectivity index (χ0n) is 14.0. The summed E-state index contributed by atoms with van der Waals surface area (Å²) in [5.74, 6) is 0.571. The van der Waals surface area contributed by atoms with E-state index >= 15 is 0 Å². The Balaban J connectivity index is 1.83. The number of rotatable bonds is 3. The first-order valence-corrected chi connectivity index (χ1v) is 8.42. The van der Waals surface area contributed by atoms with Crippen LogP contribution in [0.3, 0.4) is 0 Å². The van der Waals surface area contributed by atoms with Crippen molar-refractivity contribution in [3.8, 4) is 12.1 Å². The lowest BCUT2D eigenvalue weighted by Gasteiger charge is -2.33. The maximum atomic E-state index is 9.10. The highest BCUT2D eigenvalue weighted by Gasteiger charge is 2.25. The molecule has 0 radical (unpaired) electrons. The van der Waals surface area contributed by atoms with Crippen LogP contribution in [0.25, 0.3) is 0 Å². The highest BCUT2D eigenvalue weighted by Crippen LogP contribution is 2.38. The summed E-state index contributed by atoms with van der Waals surface area (Å²) in [4.78, 5) is 2.31. The van der Waals surface area contributed by atoms with Crippen LogP contribution in [0.5, 0.6) is 0 Å². The summed E-state index contributed by atoms with van der Waals surface area (Å²) >= 11 is 0. The van der Waals surface area contributed by atoms with E-state index in [1.54, 1.807) is 0 Å². The molecule has 0 amide bonds. The van der Waals surface area contributed by atoms with Gasteiger partial charge in [0.15, 0.2) is 0 Å². The zero-order chi connectivity index (χ0) is 16.9. The zero-order valence-corrected chi connectivity index (χ0v) is 14.0. The predicted molar refractivity (Wildman–Crippen MR) is 94.3 cm³/mol. The molecule has 0 saturated carbocycles. The van der Waals surface area contributed by atoms with E-state index < -0.39 is 0 Å². The number of hydrogen-bond acceptors (Lipinski definition) is 3. The summed E-state index contributed by atoms with van der Waals surface area (Å²) in [5.41, 5.74) is 5.07. The number of allylic oxidation sites excluding steroid dienone is 6. The summed E-state index contributed by atoms with van der Waals surface area (Å²) < 4.78 is 0. The Bertz CT molecular complexity index is 769. The first kappa shape index (κ1) is 16.1. The molecular weight excluding hydrogens is 294 g/mol. The molecule has 0 saturated heterocycles. The fourth-order valence-electron chi connectivity index (χ4n) is 3.57. The van der Waals surface area contributed by atoms with Crippen molar-refractivity contribution in [1.82, 2.24) is 4.90 Å². The molecule has 0 spiro atoms. The first-order valence-electron chi connectivity index (χ1n) is 8.42. The second-order valence-electron chi connectivity index (χ2n) is 6.52. The van der Waals surface area contributed by atoms with Crippen molar-refractivity contribution >= 4 is 0 Å². The van der Waals surface area contributed by atoms with E-state index in [-0.39, 0.29) is 5.57 Å². The average molecular weight is 315 g/mol. The van der Waals surface area contributed by atoms with Gasteiger partial charge in [-0.25, -0.2) is 0 Å². The third-order valence-electron chi connectivity index (χ3n) is 4.95. The van der Waals surface area contributed by atoms with Gasteiger partial charge in [0.1, 0.15) is 17.7 Å². The van der Waals surface area contributed by atoms with Gasteiger partial charge in [0, 0.05) is 19.3 Å². The minimum absolute atomic E-state index is 0.263. The van der Waals surface area contributed by atoms with Gasteiger partial charge in [0.25, 0.3) is 0 Å². The number of benzene rings is 1. The lowest BCUT2D eigenvalue weighted by atomic mass is 9.78. The molecule has 1 aromatic carbocycles. The van der Waals surface area contributed by atoms with Crippen molar-refractivity contribution in [3.05, 3.63) is 70.5 Å². The first-order chi connectivity index (χ1) is 11.7. The summed E-state index contributed by atoms with van der Waals surface area (Å²) in [5, 5.41) is 18.2. The van der Waals surface area contributed by atoms with Crippen LogP contribution in [0.4, 0.5) is 0 Å². The normalized spacial score (nSPS) is 19.3. The Hall–Kier alpha value is -2.78. The third-order valence-corrected chi connectivity index (χ3v) is 4.95. The van der Waals surface area contributed by atoms with Crippen molar-refractivity contribution in [2.45, 2.75) is 32.2 Å². The smallest absolute Gasteiger partial charge is 0.132 e. The minimum Gasteiger partial charge on any atom is -0.374 e. The maximum absolute atomic E-state index is 9.10. The fourth-order valence-corrected chi connectivity index (χ4v) is 3.57. The number of nitriles is 2. The molecule has 3 heteroatoms.